The van der Waals surface area contributed by atoms with Gasteiger partial charge >= 0.3 is 0 Å². The Balaban J connectivity index is 1.43. The van der Waals surface area contributed by atoms with Crippen molar-refractivity contribution in [3.63, 3.8) is 0 Å². The highest BCUT2D eigenvalue weighted by Crippen LogP contribution is 2.31. The summed E-state index contributed by atoms with van der Waals surface area (Å²) in [6.45, 7) is 8.52. The third kappa shape index (κ3) is 7.00. The molecule has 39 heavy (non-hydrogen) atoms. The first-order valence-electron chi connectivity index (χ1n) is 12.3. The number of carbonyl (C=O) groups is 2. The molecule has 2 N–H and O–H groups in total. The van der Waals surface area contributed by atoms with Gasteiger partial charge in [0.25, 0.3) is 5.91 Å². The van der Waals surface area contributed by atoms with Crippen LogP contribution in [0.4, 0.5) is 5.13 Å². The largest absolute Gasteiger partial charge is 0.342 e. The predicted octanol–water partition coefficient (Wildman–Crippen LogP) is 6.89. The average molecular weight is 604 g/mol. The van der Waals surface area contributed by atoms with Gasteiger partial charge in [0.1, 0.15) is 0 Å². The maximum Gasteiger partial charge on any atom is 0.251 e. The molecule has 0 fully saturated rings. The lowest BCUT2D eigenvalue weighted by molar-refractivity contribution is -0.113. The Morgan fingerprint density at radius 1 is 1.08 bits per heavy atom. The zero-order chi connectivity index (χ0) is 28.1. The summed E-state index contributed by atoms with van der Waals surface area (Å²) in [4.78, 5) is 31.4. The minimum absolute atomic E-state index is 0.0272. The van der Waals surface area contributed by atoms with E-state index in [9.17, 15) is 9.59 Å². The fourth-order valence-electron chi connectivity index (χ4n) is 3.92. The number of nitrogens with zero attached hydrogens (tertiary/aromatic N) is 4. The van der Waals surface area contributed by atoms with E-state index in [-0.39, 0.29) is 23.5 Å². The molecule has 4 aromatic rings. The van der Waals surface area contributed by atoms with Gasteiger partial charge in [-0.3, -0.25) is 9.59 Å². The molecule has 4 rings (SSSR count). The zero-order valence-electron chi connectivity index (χ0n) is 21.9. The first-order valence-corrected chi connectivity index (χ1v) is 14.9. The van der Waals surface area contributed by atoms with Crippen LogP contribution in [0.3, 0.4) is 0 Å². The smallest absolute Gasteiger partial charge is 0.251 e. The van der Waals surface area contributed by atoms with Crippen molar-refractivity contribution in [3.8, 4) is 11.3 Å². The molecule has 0 saturated heterocycles. The van der Waals surface area contributed by atoms with Crippen LogP contribution in [0, 0.1) is 12.8 Å². The van der Waals surface area contributed by atoms with E-state index < -0.39 is 6.04 Å². The molecule has 0 saturated carbocycles. The van der Waals surface area contributed by atoms with E-state index in [4.69, 9.17) is 23.2 Å². The number of benzene rings is 2. The maximum absolute atomic E-state index is 13.0. The highest BCUT2D eigenvalue weighted by Gasteiger charge is 2.26. The van der Waals surface area contributed by atoms with Crippen molar-refractivity contribution in [2.24, 2.45) is 5.92 Å². The average Bonchev–Trinajstić information content (AvgIpc) is 3.49. The van der Waals surface area contributed by atoms with Crippen LogP contribution in [-0.2, 0) is 11.3 Å². The van der Waals surface area contributed by atoms with Gasteiger partial charge in [0.05, 0.1) is 27.5 Å². The lowest BCUT2D eigenvalue weighted by atomic mass is 10.0. The van der Waals surface area contributed by atoms with Gasteiger partial charge in [-0.1, -0.05) is 79.1 Å². The lowest BCUT2D eigenvalue weighted by Gasteiger charge is -2.22. The number of rotatable bonds is 10. The van der Waals surface area contributed by atoms with E-state index in [1.54, 1.807) is 12.1 Å². The molecule has 204 valence electrons. The lowest BCUT2D eigenvalue weighted by Crippen LogP contribution is -2.33. The molecule has 2 aromatic carbocycles. The molecule has 0 aliphatic rings. The molecule has 0 unspecified atom stereocenters. The molecule has 0 spiro atoms. The van der Waals surface area contributed by atoms with E-state index in [1.165, 1.54) is 29.2 Å². The van der Waals surface area contributed by atoms with Gasteiger partial charge in [-0.25, -0.2) is 4.98 Å². The van der Waals surface area contributed by atoms with Crippen LogP contribution < -0.4 is 10.6 Å². The third-order valence-corrected chi connectivity index (χ3v) is 8.49. The molecular formula is C27H28Cl2N6O2S2. The summed E-state index contributed by atoms with van der Waals surface area (Å²) < 4.78 is 1.92. The third-order valence-electron chi connectivity index (χ3n) is 5.90. The summed E-state index contributed by atoms with van der Waals surface area (Å²) in [5.74, 6) is 0.305. The van der Waals surface area contributed by atoms with E-state index in [0.717, 1.165) is 16.1 Å². The van der Waals surface area contributed by atoms with Crippen LogP contribution in [0.25, 0.3) is 11.3 Å². The minimum atomic E-state index is -0.405. The van der Waals surface area contributed by atoms with Crippen LogP contribution in [0.15, 0.2) is 53.7 Å². The van der Waals surface area contributed by atoms with E-state index in [0.29, 0.717) is 38.3 Å². The fourth-order valence-corrected chi connectivity index (χ4v) is 5.88. The topological polar surface area (TPSA) is 102 Å². The van der Waals surface area contributed by atoms with Crippen LogP contribution in [0.2, 0.25) is 10.0 Å². The summed E-state index contributed by atoms with van der Waals surface area (Å²) in [6.07, 6.45) is 0. The standard InChI is InChI=1S/C27H28Cl2N6O2S2/c1-5-35-24(22(15(2)3)31-25(37)18-11-12-19(28)20(29)13-18)33-34-27(35)38-14-21(36)30-26-32-23(16(4)39-26)17-9-7-6-8-10-17/h6-13,15,22H,5,14H2,1-4H3,(H,31,37)(H,30,32,36)/t22-/m0/s1. The van der Waals surface area contributed by atoms with Crippen molar-refractivity contribution in [1.29, 1.82) is 0 Å². The quantitative estimate of drug-likeness (QED) is 0.191. The van der Waals surface area contributed by atoms with Crippen LogP contribution in [0.1, 0.15) is 47.9 Å². The number of aryl methyl sites for hydroxylation is 1. The van der Waals surface area contributed by atoms with Gasteiger partial charge in [0.15, 0.2) is 16.1 Å². The van der Waals surface area contributed by atoms with Crippen molar-refractivity contribution in [3.05, 3.63) is 74.8 Å². The van der Waals surface area contributed by atoms with Gasteiger partial charge < -0.3 is 15.2 Å². The Morgan fingerprint density at radius 2 is 1.82 bits per heavy atom. The molecule has 0 bridgehead atoms. The maximum atomic E-state index is 13.0. The fraction of sp³-hybridized carbons (Fsp3) is 0.296. The second-order valence-corrected chi connectivity index (χ2v) is 12.0. The Hall–Kier alpha value is -2.92. The predicted molar refractivity (Wildman–Crippen MR) is 159 cm³/mol. The van der Waals surface area contributed by atoms with Crippen molar-refractivity contribution in [2.75, 3.05) is 11.1 Å². The SMILES string of the molecule is CCn1c(SCC(=O)Nc2nc(-c3ccccc3)c(C)s2)nnc1[C@@H](NC(=O)c1ccc(Cl)c(Cl)c1)C(C)C. The summed E-state index contributed by atoms with van der Waals surface area (Å²) in [6, 6.07) is 14.2. The van der Waals surface area contributed by atoms with Gasteiger partial charge in [0.2, 0.25) is 5.91 Å². The molecule has 12 heteroatoms. The molecule has 2 aromatic heterocycles. The van der Waals surface area contributed by atoms with E-state index in [2.05, 4.69) is 25.8 Å². The molecular weight excluding hydrogens is 575 g/mol. The Labute approximate surface area is 245 Å². The molecule has 2 heterocycles. The van der Waals surface area contributed by atoms with E-state index in [1.807, 2.05) is 62.6 Å². The van der Waals surface area contributed by atoms with E-state index >= 15 is 0 Å². The summed E-state index contributed by atoms with van der Waals surface area (Å²) in [5.41, 5.74) is 2.27. The summed E-state index contributed by atoms with van der Waals surface area (Å²) in [5, 5.41) is 16.5. The normalized spacial score (nSPS) is 12.0. The first kappa shape index (κ1) is 29.1. The van der Waals surface area contributed by atoms with Crippen LogP contribution in [-0.4, -0.2) is 37.3 Å². The molecule has 0 aliphatic carbocycles. The van der Waals surface area contributed by atoms with Crippen LogP contribution in [0.5, 0.6) is 0 Å². The Bertz CT molecular complexity index is 1470. The zero-order valence-corrected chi connectivity index (χ0v) is 25.0. The van der Waals surface area contributed by atoms with Gasteiger partial charge in [-0.05, 0) is 38.0 Å². The monoisotopic (exact) mass is 602 g/mol. The Morgan fingerprint density at radius 3 is 2.49 bits per heavy atom. The second kappa shape index (κ2) is 13.0. The van der Waals surface area contributed by atoms with Crippen molar-refractivity contribution < 1.29 is 9.59 Å². The highest BCUT2D eigenvalue weighted by atomic mass is 35.5. The first-order chi connectivity index (χ1) is 18.7. The number of hydrogen-bond acceptors (Lipinski definition) is 7. The molecule has 0 aliphatic heterocycles. The van der Waals surface area contributed by atoms with Crippen molar-refractivity contribution >= 4 is 63.2 Å². The van der Waals surface area contributed by atoms with Crippen molar-refractivity contribution in [2.45, 2.75) is 45.4 Å². The number of thioether (sulfide) groups is 1. The number of aromatic nitrogens is 4. The Kier molecular flexibility index (Phi) is 9.66. The molecule has 2 amide bonds. The molecule has 8 nitrogen and oxygen atoms in total. The molecule has 1 atom stereocenters. The summed E-state index contributed by atoms with van der Waals surface area (Å²) >= 11 is 14.8. The number of anilines is 1. The number of thiazole rings is 1. The number of amides is 2. The summed E-state index contributed by atoms with van der Waals surface area (Å²) in [7, 11) is 0. The van der Waals surface area contributed by atoms with Gasteiger partial charge in [-0.15, -0.1) is 21.5 Å². The molecule has 0 radical (unpaired) electrons. The number of halogens is 2. The van der Waals surface area contributed by atoms with Crippen LogP contribution >= 0.6 is 46.3 Å². The number of carbonyl (C=O) groups excluding carboxylic acids is 2. The van der Waals surface area contributed by atoms with Gasteiger partial charge in [0, 0.05) is 22.5 Å². The van der Waals surface area contributed by atoms with Crippen molar-refractivity contribution in [1.82, 2.24) is 25.1 Å². The highest BCUT2D eigenvalue weighted by molar-refractivity contribution is 7.99. The number of hydrogen-bond donors (Lipinski definition) is 2. The number of nitrogens with one attached hydrogen (secondary N) is 2. The minimum Gasteiger partial charge on any atom is -0.342 e. The second-order valence-electron chi connectivity index (χ2n) is 9.04. The van der Waals surface area contributed by atoms with Gasteiger partial charge in [-0.2, -0.15) is 0 Å².